The van der Waals surface area contributed by atoms with Crippen LogP contribution in [0.3, 0.4) is 0 Å². The number of carbonyl (C=O) groups is 1. The first kappa shape index (κ1) is 17.2. The molecule has 1 saturated heterocycles. The van der Waals surface area contributed by atoms with Crippen molar-refractivity contribution in [2.24, 2.45) is 5.92 Å². The van der Waals surface area contributed by atoms with E-state index in [1.165, 1.54) is 5.56 Å². The zero-order chi connectivity index (χ0) is 16.2. The Kier molecular flexibility index (Phi) is 5.81. The number of ether oxygens (including phenoxy) is 1. The van der Waals surface area contributed by atoms with Gasteiger partial charge < -0.3 is 15.0 Å². The average molecular weight is 370 g/mol. The second kappa shape index (κ2) is 7.42. The van der Waals surface area contributed by atoms with Gasteiger partial charge in [-0.25, -0.2) is 9.78 Å². The molecule has 2 rings (SSSR count). The van der Waals surface area contributed by atoms with Crippen molar-refractivity contribution in [3.8, 4) is 0 Å². The molecule has 0 radical (unpaired) electrons. The van der Waals surface area contributed by atoms with E-state index in [-0.39, 0.29) is 6.09 Å². The van der Waals surface area contributed by atoms with Crippen molar-refractivity contribution >= 4 is 22.0 Å². The zero-order valence-corrected chi connectivity index (χ0v) is 15.0. The van der Waals surface area contributed by atoms with Gasteiger partial charge in [-0.3, -0.25) is 0 Å². The van der Waals surface area contributed by atoms with E-state index in [4.69, 9.17) is 4.74 Å². The minimum absolute atomic E-state index is 0.201. The lowest BCUT2D eigenvalue weighted by molar-refractivity contribution is 0.0288. The molecule has 1 N–H and O–H groups in total. The fourth-order valence-electron chi connectivity index (χ4n) is 2.46. The van der Waals surface area contributed by atoms with Gasteiger partial charge in [-0.05, 0) is 66.7 Å². The van der Waals surface area contributed by atoms with Crippen LogP contribution < -0.4 is 5.32 Å². The van der Waals surface area contributed by atoms with Crippen LogP contribution in [0.5, 0.6) is 0 Å². The molecule has 0 aliphatic carbocycles. The summed E-state index contributed by atoms with van der Waals surface area (Å²) in [5.74, 6) is 0.484. The topological polar surface area (TPSA) is 54.5 Å². The van der Waals surface area contributed by atoms with E-state index in [1.54, 1.807) is 11.1 Å². The van der Waals surface area contributed by atoms with Crippen molar-refractivity contribution in [2.45, 2.75) is 39.3 Å². The van der Waals surface area contributed by atoms with Gasteiger partial charge in [0.05, 0.1) is 0 Å². The van der Waals surface area contributed by atoms with E-state index < -0.39 is 5.60 Å². The van der Waals surface area contributed by atoms with E-state index in [2.05, 4.69) is 26.2 Å². The molecule has 5 nitrogen and oxygen atoms in total. The Hall–Kier alpha value is -1.14. The number of aromatic nitrogens is 1. The predicted molar refractivity (Wildman–Crippen MR) is 89.6 cm³/mol. The first-order valence-corrected chi connectivity index (χ1v) is 8.42. The molecular weight excluding hydrogens is 346 g/mol. The van der Waals surface area contributed by atoms with Gasteiger partial charge in [-0.1, -0.05) is 0 Å². The standard InChI is InChI=1S/C16H24BrN3O2/c1-16(2,3)22-15(21)20-7-5-13(11-20)10-18-9-12-4-6-19-14(17)8-12/h4,6,8,13,18H,5,7,9-11H2,1-3H3/t13-/m1/s1. The van der Waals surface area contributed by atoms with Crippen molar-refractivity contribution < 1.29 is 9.53 Å². The Bertz CT molecular complexity index is 516. The van der Waals surface area contributed by atoms with Gasteiger partial charge in [-0.15, -0.1) is 0 Å². The average Bonchev–Trinajstić information content (AvgIpc) is 2.86. The van der Waals surface area contributed by atoms with Crippen molar-refractivity contribution in [1.82, 2.24) is 15.2 Å². The number of rotatable bonds is 4. The number of likely N-dealkylation sites (tertiary alicyclic amines) is 1. The number of carbonyl (C=O) groups excluding carboxylic acids is 1. The molecule has 0 aromatic carbocycles. The quantitative estimate of drug-likeness (QED) is 0.828. The normalized spacial score (nSPS) is 18.5. The monoisotopic (exact) mass is 369 g/mol. The number of amides is 1. The van der Waals surface area contributed by atoms with Crippen LogP contribution in [0.4, 0.5) is 4.79 Å². The maximum Gasteiger partial charge on any atom is 0.410 e. The highest BCUT2D eigenvalue weighted by atomic mass is 79.9. The Morgan fingerprint density at radius 2 is 2.32 bits per heavy atom. The summed E-state index contributed by atoms with van der Waals surface area (Å²) in [5, 5.41) is 3.45. The van der Waals surface area contributed by atoms with Gasteiger partial charge in [-0.2, -0.15) is 0 Å². The summed E-state index contributed by atoms with van der Waals surface area (Å²) in [4.78, 5) is 17.9. The second-order valence-corrected chi connectivity index (χ2v) is 7.51. The number of hydrogen-bond acceptors (Lipinski definition) is 4. The minimum atomic E-state index is -0.428. The molecule has 1 aromatic rings. The van der Waals surface area contributed by atoms with Gasteiger partial charge in [0.25, 0.3) is 0 Å². The van der Waals surface area contributed by atoms with Crippen LogP contribution >= 0.6 is 15.9 Å². The Morgan fingerprint density at radius 3 is 3.00 bits per heavy atom. The van der Waals surface area contributed by atoms with Crippen molar-refractivity contribution in [2.75, 3.05) is 19.6 Å². The smallest absolute Gasteiger partial charge is 0.410 e. The Labute approximate surface area is 140 Å². The van der Waals surface area contributed by atoms with E-state index in [0.29, 0.717) is 5.92 Å². The largest absolute Gasteiger partial charge is 0.444 e. The molecule has 1 fully saturated rings. The lowest BCUT2D eigenvalue weighted by Gasteiger charge is -2.24. The molecule has 1 aromatic heterocycles. The van der Waals surface area contributed by atoms with E-state index in [1.807, 2.05) is 32.9 Å². The number of nitrogens with zero attached hydrogens (tertiary/aromatic N) is 2. The van der Waals surface area contributed by atoms with Gasteiger partial charge in [0.1, 0.15) is 10.2 Å². The lowest BCUT2D eigenvalue weighted by Crippen LogP contribution is -2.36. The molecule has 0 bridgehead atoms. The highest BCUT2D eigenvalue weighted by Gasteiger charge is 2.29. The van der Waals surface area contributed by atoms with Gasteiger partial charge in [0, 0.05) is 32.4 Å². The van der Waals surface area contributed by atoms with Crippen molar-refractivity contribution in [3.63, 3.8) is 0 Å². The molecule has 1 aliphatic rings. The van der Waals surface area contributed by atoms with Gasteiger partial charge in [0.2, 0.25) is 0 Å². The number of pyridine rings is 1. The maximum absolute atomic E-state index is 12.0. The molecule has 1 amide bonds. The maximum atomic E-state index is 12.0. The Morgan fingerprint density at radius 1 is 1.55 bits per heavy atom. The molecule has 0 spiro atoms. The van der Waals surface area contributed by atoms with Crippen LogP contribution in [-0.4, -0.2) is 41.2 Å². The van der Waals surface area contributed by atoms with Crippen molar-refractivity contribution in [3.05, 3.63) is 28.5 Å². The highest BCUT2D eigenvalue weighted by Crippen LogP contribution is 2.19. The summed E-state index contributed by atoms with van der Waals surface area (Å²) in [6, 6.07) is 4.01. The first-order valence-electron chi connectivity index (χ1n) is 7.62. The Balaban J connectivity index is 1.71. The molecule has 0 unspecified atom stereocenters. The van der Waals surface area contributed by atoms with E-state index in [9.17, 15) is 4.79 Å². The zero-order valence-electron chi connectivity index (χ0n) is 13.4. The van der Waals surface area contributed by atoms with Gasteiger partial charge in [0.15, 0.2) is 0 Å². The summed E-state index contributed by atoms with van der Waals surface area (Å²) in [6.45, 7) is 8.94. The van der Waals surface area contributed by atoms with Crippen molar-refractivity contribution in [1.29, 1.82) is 0 Å². The third kappa shape index (κ3) is 5.57. The fourth-order valence-corrected chi connectivity index (χ4v) is 2.88. The van der Waals surface area contributed by atoms with Gasteiger partial charge >= 0.3 is 6.09 Å². The molecule has 6 heteroatoms. The minimum Gasteiger partial charge on any atom is -0.444 e. The van der Waals surface area contributed by atoms with Crippen LogP contribution in [0.25, 0.3) is 0 Å². The summed E-state index contributed by atoms with van der Waals surface area (Å²) < 4.78 is 6.26. The molecular formula is C16H24BrN3O2. The number of halogens is 1. The number of nitrogens with one attached hydrogen (secondary N) is 1. The first-order chi connectivity index (χ1) is 10.3. The third-order valence-corrected chi connectivity index (χ3v) is 3.92. The SMILES string of the molecule is CC(C)(C)OC(=O)N1CC[C@H](CNCc2ccnc(Br)c2)C1. The van der Waals surface area contributed by atoms with Crippen LogP contribution in [0.2, 0.25) is 0 Å². The van der Waals surface area contributed by atoms with E-state index >= 15 is 0 Å². The van der Waals surface area contributed by atoms with Crippen LogP contribution in [0, 0.1) is 5.92 Å². The number of hydrogen-bond donors (Lipinski definition) is 1. The predicted octanol–water partition coefficient (Wildman–Crippen LogP) is 3.19. The molecule has 22 heavy (non-hydrogen) atoms. The molecule has 0 saturated carbocycles. The van der Waals surface area contributed by atoms with Crippen LogP contribution in [-0.2, 0) is 11.3 Å². The molecule has 1 aliphatic heterocycles. The molecule has 122 valence electrons. The fraction of sp³-hybridized carbons (Fsp3) is 0.625. The summed E-state index contributed by atoms with van der Waals surface area (Å²) in [5.41, 5.74) is 0.770. The molecule has 1 atom stereocenters. The third-order valence-electron chi connectivity index (χ3n) is 3.49. The summed E-state index contributed by atoms with van der Waals surface area (Å²) in [7, 11) is 0. The summed E-state index contributed by atoms with van der Waals surface area (Å²) >= 11 is 3.37. The van der Waals surface area contributed by atoms with Crippen LogP contribution in [0.1, 0.15) is 32.8 Å². The highest BCUT2D eigenvalue weighted by molar-refractivity contribution is 9.10. The van der Waals surface area contributed by atoms with Crippen LogP contribution in [0.15, 0.2) is 22.9 Å². The second-order valence-electron chi connectivity index (χ2n) is 6.70. The molecule has 2 heterocycles. The van der Waals surface area contributed by atoms with E-state index in [0.717, 1.165) is 37.2 Å². The lowest BCUT2D eigenvalue weighted by atomic mass is 10.1. The summed E-state index contributed by atoms with van der Waals surface area (Å²) in [6.07, 6.45) is 2.61.